The standard InChI is InChI=1S/C28H35NO8/c1-14(2)6-5-10-28(4)17-9-11-27(3,35)24-21(17)22-19(37-28)12-15-16(23(22)36-24)13-29(25(15)32)18(26(33)34)7-8-20(30)31/h6,12,17-18,21,24,35H,5,7-11,13H2,1-4H3,(H,30,31)(H,33,34). The first kappa shape index (κ1) is 25.6. The maximum Gasteiger partial charge on any atom is 0.326 e. The summed E-state index contributed by atoms with van der Waals surface area (Å²) in [6, 6.07) is 0.437. The highest BCUT2D eigenvalue weighted by molar-refractivity contribution is 6.02. The number of benzene rings is 1. The van der Waals surface area contributed by atoms with Gasteiger partial charge in [-0.3, -0.25) is 9.59 Å². The third kappa shape index (κ3) is 4.07. The number of hydrogen-bond donors (Lipinski definition) is 3. The van der Waals surface area contributed by atoms with Gasteiger partial charge in [-0.05, 0) is 65.9 Å². The molecule has 37 heavy (non-hydrogen) atoms. The molecule has 9 nitrogen and oxygen atoms in total. The maximum atomic E-state index is 13.5. The largest absolute Gasteiger partial charge is 0.487 e. The Hall–Kier alpha value is -3.07. The second-order valence-corrected chi connectivity index (χ2v) is 11.7. The zero-order chi connectivity index (χ0) is 26.9. The fourth-order valence-electron chi connectivity index (χ4n) is 6.84. The van der Waals surface area contributed by atoms with Crippen LogP contribution in [0.2, 0.25) is 0 Å². The van der Waals surface area contributed by atoms with E-state index in [1.54, 1.807) is 13.0 Å². The highest BCUT2D eigenvalue weighted by Crippen LogP contribution is 2.63. The molecule has 9 heteroatoms. The molecule has 1 aliphatic carbocycles. The van der Waals surface area contributed by atoms with Crippen LogP contribution in [0.4, 0.5) is 0 Å². The third-order valence-corrected chi connectivity index (χ3v) is 8.73. The summed E-state index contributed by atoms with van der Waals surface area (Å²) in [4.78, 5) is 37.8. The maximum absolute atomic E-state index is 13.5. The van der Waals surface area contributed by atoms with Crippen molar-refractivity contribution in [2.24, 2.45) is 5.92 Å². The van der Waals surface area contributed by atoms with E-state index < -0.39 is 41.2 Å². The first-order chi connectivity index (χ1) is 17.3. The number of nitrogens with zero attached hydrogens (tertiary/aromatic N) is 1. The zero-order valence-corrected chi connectivity index (χ0v) is 21.7. The van der Waals surface area contributed by atoms with Gasteiger partial charge in [-0.25, -0.2) is 4.79 Å². The van der Waals surface area contributed by atoms with Crippen molar-refractivity contribution < 1.29 is 39.2 Å². The average Bonchev–Trinajstić information content (AvgIpc) is 3.34. The number of hydrogen-bond acceptors (Lipinski definition) is 6. The Balaban J connectivity index is 1.57. The quantitative estimate of drug-likeness (QED) is 0.446. The van der Waals surface area contributed by atoms with Crippen LogP contribution in [0.15, 0.2) is 17.7 Å². The van der Waals surface area contributed by atoms with Gasteiger partial charge in [0.2, 0.25) is 0 Å². The van der Waals surface area contributed by atoms with E-state index >= 15 is 0 Å². The van der Waals surface area contributed by atoms with Crippen LogP contribution >= 0.6 is 0 Å². The first-order valence-electron chi connectivity index (χ1n) is 13.0. The zero-order valence-electron chi connectivity index (χ0n) is 21.7. The van der Waals surface area contributed by atoms with Crippen LogP contribution in [-0.4, -0.2) is 61.4 Å². The Bertz CT molecular complexity index is 1200. The number of amides is 1. The lowest BCUT2D eigenvalue weighted by atomic mass is 9.61. The van der Waals surface area contributed by atoms with Crippen molar-refractivity contribution in [3.63, 3.8) is 0 Å². The summed E-state index contributed by atoms with van der Waals surface area (Å²) < 4.78 is 13.2. The van der Waals surface area contributed by atoms with Crippen LogP contribution in [0.3, 0.4) is 0 Å². The number of aliphatic hydroxyl groups is 1. The number of rotatable bonds is 8. The van der Waals surface area contributed by atoms with Gasteiger partial charge in [0.1, 0.15) is 29.2 Å². The predicted octanol–water partition coefficient (Wildman–Crippen LogP) is 3.86. The van der Waals surface area contributed by atoms with Crippen LogP contribution in [0, 0.1) is 5.92 Å². The molecule has 6 unspecified atom stereocenters. The minimum Gasteiger partial charge on any atom is -0.487 e. The van der Waals surface area contributed by atoms with Gasteiger partial charge >= 0.3 is 11.9 Å². The molecule has 3 aliphatic heterocycles. The molecule has 0 radical (unpaired) electrons. The fourth-order valence-corrected chi connectivity index (χ4v) is 6.84. The lowest BCUT2D eigenvalue weighted by Gasteiger charge is -2.51. The molecule has 0 spiro atoms. The van der Waals surface area contributed by atoms with Crippen molar-refractivity contribution in [3.05, 3.63) is 34.4 Å². The Morgan fingerprint density at radius 2 is 2.00 bits per heavy atom. The molecule has 1 aromatic rings. The van der Waals surface area contributed by atoms with Gasteiger partial charge in [-0.15, -0.1) is 0 Å². The van der Waals surface area contributed by atoms with Crippen LogP contribution in [0.1, 0.15) is 93.6 Å². The molecule has 1 amide bonds. The molecule has 3 N–H and O–H groups in total. The number of carboxylic acid groups (broad SMARTS) is 2. The molecule has 1 fully saturated rings. The monoisotopic (exact) mass is 513 g/mol. The molecule has 1 saturated carbocycles. The number of ether oxygens (including phenoxy) is 2. The molecule has 3 heterocycles. The van der Waals surface area contributed by atoms with E-state index in [-0.39, 0.29) is 31.2 Å². The lowest BCUT2D eigenvalue weighted by molar-refractivity contribution is -0.143. The minimum absolute atomic E-state index is 0.0114. The van der Waals surface area contributed by atoms with Crippen LogP contribution in [0.5, 0.6) is 11.5 Å². The molecule has 4 aliphatic rings. The predicted molar refractivity (Wildman–Crippen MR) is 133 cm³/mol. The van der Waals surface area contributed by atoms with E-state index in [2.05, 4.69) is 26.8 Å². The van der Waals surface area contributed by atoms with Gasteiger partial charge in [-0.1, -0.05) is 11.6 Å². The molecule has 0 bridgehead atoms. The van der Waals surface area contributed by atoms with Crippen molar-refractivity contribution in [2.45, 2.75) is 102 Å². The molecular formula is C28H35NO8. The number of carboxylic acids is 2. The van der Waals surface area contributed by atoms with Crippen molar-refractivity contribution in [1.29, 1.82) is 0 Å². The van der Waals surface area contributed by atoms with E-state index in [9.17, 15) is 24.6 Å². The molecule has 200 valence electrons. The van der Waals surface area contributed by atoms with Gasteiger partial charge in [0.25, 0.3) is 5.91 Å². The van der Waals surface area contributed by atoms with Crippen molar-refractivity contribution in [1.82, 2.24) is 4.90 Å². The number of carbonyl (C=O) groups is 3. The van der Waals surface area contributed by atoms with Gasteiger partial charge in [0.15, 0.2) is 0 Å². The highest BCUT2D eigenvalue weighted by atomic mass is 16.5. The Labute approximate surface area is 216 Å². The fraction of sp³-hybridized carbons (Fsp3) is 0.607. The Morgan fingerprint density at radius 3 is 2.65 bits per heavy atom. The summed E-state index contributed by atoms with van der Waals surface area (Å²) in [5.74, 6) is -1.76. The van der Waals surface area contributed by atoms with Gasteiger partial charge < -0.3 is 29.7 Å². The van der Waals surface area contributed by atoms with Gasteiger partial charge in [0.05, 0.1) is 17.7 Å². The second-order valence-electron chi connectivity index (χ2n) is 11.7. The van der Waals surface area contributed by atoms with Crippen LogP contribution in [-0.2, 0) is 16.1 Å². The molecule has 0 aromatic heterocycles. The van der Waals surface area contributed by atoms with Crippen LogP contribution < -0.4 is 9.47 Å². The van der Waals surface area contributed by atoms with E-state index in [1.807, 2.05) is 0 Å². The van der Waals surface area contributed by atoms with Gasteiger partial charge in [0, 0.05) is 29.4 Å². The summed E-state index contributed by atoms with van der Waals surface area (Å²) in [6.07, 6.45) is 4.09. The second kappa shape index (κ2) is 8.75. The van der Waals surface area contributed by atoms with Crippen molar-refractivity contribution >= 4 is 17.8 Å². The summed E-state index contributed by atoms with van der Waals surface area (Å²) in [7, 11) is 0. The number of aliphatic carboxylic acids is 2. The SMILES string of the molecule is CC(C)=CCCC1(C)Oc2cc3c(c4c2C2C(O4)C(C)(O)CCC21)CN(C(CCC(=O)O)C(=O)O)C3=O. The van der Waals surface area contributed by atoms with E-state index in [0.717, 1.165) is 24.8 Å². The summed E-state index contributed by atoms with van der Waals surface area (Å²) in [5.41, 5.74) is 1.42. The minimum atomic E-state index is -1.27. The van der Waals surface area contributed by atoms with Crippen LogP contribution in [0.25, 0.3) is 0 Å². The normalized spacial score (nSPS) is 31.6. The number of carbonyl (C=O) groups excluding carboxylic acids is 1. The third-order valence-electron chi connectivity index (χ3n) is 8.73. The van der Waals surface area contributed by atoms with E-state index in [1.165, 1.54) is 10.5 Å². The van der Waals surface area contributed by atoms with Crippen molar-refractivity contribution in [2.75, 3.05) is 0 Å². The average molecular weight is 514 g/mol. The van der Waals surface area contributed by atoms with Gasteiger partial charge in [-0.2, -0.15) is 0 Å². The summed E-state index contributed by atoms with van der Waals surface area (Å²) in [5, 5.41) is 30.2. The summed E-state index contributed by atoms with van der Waals surface area (Å²) >= 11 is 0. The number of allylic oxidation sites excluding steroid dienone is 2. The molecule has 0 saturated heterocycles. The number of fused-ring (bicyclic) bond motifs is 2. The first-order valence-corrected chi connectivity index (χ1v) is 13.0. The molecule has 5 rings (SSSR count). The lowest BCUT2D eigenvalue weighted by Crippen LogP contribution is -2.57. The van der Waals surface area contributed by atoms with E-state index in [0.29, 0.717) is 29.0 Å². The Kier molecular flexibility index (Phi) is 6.05. The smallest absolute Gasteiger partial charge is 0.326 e. The Morgan fingerprint density at radius 1 is 1.27 bits per heavy atom. The molecular weight excluding hydrogens is 478 g/mol. The van der Waals surface area contributed by atoms with E-state index in [4.69, 9.17) is 14.6 Å². The molecule has 6 atom stereocenters. The topological polar surface area (TPSA) is 134 Å². The van der Waals surface area contributed by atoms with Crippen molar-refractivity contribution in [3.8, 4) is 11.5 Å². The summed E-state index contributed by atoms with van der Waals surface area (Å²) in [6.45, 7) is 8.02. The highest BCUT2D eigenvalue weighted by Gasteiger charge is 2.61. The molecule has 1 aromatic carbocycles.